The summed E-state index contributed by atoms with van der Waals surface area (Å²) in [5.41, 5.74) is 1.69. The van der Waals surface area contributed by atoms with Crippen LogP contribution in [0.2, 0.25) is 0 Å². The molecule has 2 rings (SSSR count). The zero-order valence-corrected chi connectivity index (χ0v) is 9.68. The molecular weight excluding hydrogens is 200 g/mol. The summed E-state index contributed by atoms with van der Waals surface area (Å²) in [6, 6.07) is 1.97. The van der Waals surface area contributed by atoms with Gasteiger partial charge in [0.05, 0.1) is 0 Å². The Morgan fingerprint density at radius 2 is 2.31 bits per heavy atom. The van der Waals surface area contributed by atoms with Crippen LogP contribution in [0.1, 0.15) is 25.8 Å². The van der Waals surface area contributed by atoms with E-state index >= 15 is 0 Å². The fraction of sp³-hybridized carbons (Fsp3) is 0.385. The average Bonchev–Trinajstić information content (AvgIpc) is 2.37. The smallest absolute Gasteiger partial charge is 0.149 e. The van der Waals surface area contributed by atoms with Crippen LogP contribution in [-0.2, 0) is 4.79 Å². The Balaban J connectivity index is 2.55. The molecule has 3 nitrogen and oxygen atoms in total. The third-order valence-corrected chi connectivity index (χ3v) is 3.26. The Bertz CT molecular complexity index is 428. The van der Waals surface area contributed by atoms with Crippen molar-refractivity contribution in [2.75, 3.05) is 11.4 Å². The molecule has 16 heavy (non-hydrogen) atoms. The molecule has 0 aliphatic carbocycles. The summed E-state index contributed by atoms with van der Waals surface area (Å²) in [4.78, 5) is 17.6. The fourth-order valence-electron chi connectivity index (χ4n) is 2.28. The van der Waals surface area contributed by atoms with Gasteiger partial charge >= 0.3 is 0 Å². The lowest BCUT2D eigenvalue weighted by atomic mass is 9.89. The number of hydrogen-bond acceptors (Lipinski definition) is 3. The minimum absolute atomic E-state index is 0.483. The molecule has 1 aliphatic heterocycles. The minimum Gasteiger partial charge on any atom is -0.355 e. The summed E-state index contributed by atoms with van der Waals surface area (Å²) in [6.45, 7) is 4.92. The van der Waals surface area contributed by atoms with Gasteiger partial charge in [-0.05, 0) is 19.4 Å². The number of aromatic nitrogens is 1. The van der Waals surface area contributed by atoms with Crippen molar-refractivity contribution < 1.29 is 4.79 Å². The number of anilines is 1. The number of rotatable bonds is 3. The summed E-state index contributed by atoms with van der Waals surface area (Å²) < 4.78 is 0. The molecule has 0 N–H and O–H groups in total. The Morgan fingerprint density at radius 1 is 1.50 bits per heavy atom. The van der Waals surface area contributed by atoms with Crippen LogP contribution in [0, 0.1) is 0 Å². The Labute approximate surface area is 95.8 Å². The fourth-order valence-corrected chi connectivity index (χ4v) is 2.28. The minimum atomic E-state index is -0.483. The second-order valence-corrected chi connectivity index (χ2v) is 3.97. The van der Waals surface area contributed by atoms with E-state index in [9.17, 15) is 4.79 Å². The largest absolute Gasteiger partial charge is 0.355 e. The van der Waals surface area contributed by atoms with Crippen LogP contribution < -0.4 is 4.90 Å². The first-order valence-corrected chi connectivity index (χ1v) is 5.64. The molecule has 0 spiro atoms. The molecule has 0 saturated heterocycles. The van der Waals surface area contributed by atoms with E-state index < -0.39 is 5.54 Å². The Hall–Kier alpha value is -1.64. The predicted molar refractivity (Wildman–Crippen MR) is 65.4 cm³/mol. The molecule has 0 saturated carbocycles. The molecule has 1 aromatic heterocycles. The van der Waals surface area contributed by atoms with Gasteiger partial charge in [0.25, 0.3) is 0 Å². The molecule has 1 aromatic rings. The van der Waals surface area contributed by atoms with Gasteiger partial charge in [-0.1, -0.05) is 19.1 Å². The van der Waals surface area contributed by atoms with E-state index in [0.717, 1.165) is 30.5 Å². The van der Waals surface area contributed by atoms with Crippen LogP contribution in [0.5, 0.6) is 0 Å². The first-order valence-electron chi connectivity index (χ1n) is 5.64. The highest BCUT2D eigenvalue weighted by Gasteiger charge is 2.34. The molecule has 1 atom stereocenters. The monoisotopic (exact) mass is 216 g/mol. The molecule has 1 aliphatic rings. The Morgan fingerprint density at radius 3 is 2.94 bits per heavy atom. The van der Waals surface area contributed by atoms with Crippen LogP contribution in [-0.4, -0.2) is 23.4 Å². The van der Waals surface area contributed by atoms with Crippen LogP contribution in [0.15, 0.2) is 24.5 Å². The maximum atomic E-state index is 11.4. The number of nitrogens with zero attached hydrogens (tertiary/aromatic N) is 2. The first kappa shape index (κ1) is 10.9. The van der Waals surface area contributed by atoms with Gasteiger partial charge in [0.2, 0.25) is 0 Å². The topological polar surface area (TPSA) is 33.2 Å². The number of aldehydes is 1. The summed E-state index contributed by atoms with van der Waals surface area (Å²) in [5.74, 6) is 0. The first-order chi connectivity index (χ1) is 7.77. The summed E-state index contributed by atoms with van der Waals surface area (Å²) in [6.07, 6.45) is 9.39. The van der Waals surface area contributed by atoms with Crippen molar-refractivity contribution in [1.82, 2.24) is 4.98 Å². The number of carbonyl (C=O) groups excluding carboxylic acids is 1. The Kier molecular flexibility index (Phi) is 2.77. The maximum absolute atomic E-state index is 11.4. The van der Waals surface area contributed by atoms with E-state index in [4.69, 9.17) is 0 Å². The van der Waals surface area contributed by atoms with Crippen molar-refractivity contribution >= 4 is 18.0 Å². The summed E-state index contributed by atoms with van der Waals surface area (Å²) in [7, 11) is 0. The van der Waals surface area contributed by atoms with Crippen LogP contribution >= 0.6 is 0 Å². The van der Waals surface area contributed by atoms with Crippen LogP contribution in [0.3, 0.4) is 0 Å². The zero-order chi connectivity index (χ0) is 11.6. The number of carbonyl (C=O) groups is 1. The van der Waals surface area contributed by atoms with Gasteiger partial charge in [-0.2, -0.15) is 0 Å². The number of hydrogen-bond donors (Lipinski definition) is 0. The summed E-state index contributed by atoms with van der Waals surface area (Å²) in [5, 5.41) is 0. The third kappa shape index (κ3) is 1.43. The van der Waals surface area contributed by atoms with Gasteiger partial charge in [-0.25, -0.2) is 0 Å². The standard InChI is InChI=1S/C13H16N2O/c1-3-13(10-16)7-5-11-9-14-8-6-12(11)15(13)4-2/h5-10H,3-4H2,1-2H3. The second-order valence-electron chi connectivity index (χ2n) is 3.97. The zero-order valence-electron chi connectivity index (χ0n) is 9.68. The lowest BCUT2D eigenvalue weighted by molar-refractivity contribution is -0.111. The van der Waals surface area contributed by atoms with Gasteiger partial charge < -0.3 is 9.69 Å². The van der Waals surface area contributed by atoms with Crippen molar-refractivity contribution in [1.29, 1.82) is 0 Å². The predicted octanol–water partition coefficient (Wildman–Crippen LogP) is 2.28. The molecule has 0 radical (unpaired) electrons. The van der Waals surface area contributed by atoms with E-state index in [-0.39, 0.29) is 0 Å². The van der Waals surface area contributed by atoms with E-state index in [0.29, 0.717) is 0 Å². The lowest BCUT2D eigenvalue weighted by Gasteiger charge is -2.41. The molecule has 0 bridgehead atoms. The number of fused-ring (bicyclic) bond motifs is 1. The highest BCUT2D eigenvalue weighted by molar-refractivity contribution is 5.84. The molecule has 1 unspecified atom stereocenters. The molecule has 84 valence electrons. The highest BCUT2D eigenvalue weighted by atomic mass is 16.1. The maximum Gasteiger partial charge on any atom is 0.149 e. The second kappa shape index (κ2) is 4.08. The van der Waals surface area contributed by atoms with Crippen LogP contribution in [0.4, 0.5) is 5.69 Å². The van der Waals surface area contributed by atoms with Crippen molar-refractivity contribution in [3.05, 3.63) is 30.1 Å². The third-order valence-electron chi connectivity index (χ3n) is 3.26. The van der Waals surface area contributed by atoms with Gasteiger partial charge in [0.1, 0.15) is 11.8 Å². The van der Waals surface area contributed by atoms with Crippen molar-refractivity contribution in [3.8, 4) is 0 Å². The van der Waals surface area contributed by atoms with Gasteiger partial charge in [0, 0.05) is 30.2 Å². The summed E-state index contributed by atoms with van der Waals surface area (Å²) >= 11 is 0. The quantitative estimate of drug-likeness (QED) is 0.727. The SMILES string of the molecule is CCN1c2ccncc2C=CC1(C=O)CC. The lowest BCUT2D eigenvalue weighted by Crippen LogP contribution is -2.50. The molecular formula is C13H16N2O. The number of pyridine rings is 1. The van der Waals surface area contributed by atoms with E-state index in [1.807, 2.05) is 31.3 Å². The molecule has 0 amide bonds. The van der Waals surface area contributed by atoms with E-state index in [1.165, 1.54) is 0 Å². The normalized spacial score (nSPS) is 23.0. The van der Waals surface area contributed by atoms with E-state index in [1.54, 1.807) is 6.20 Å². The molecule has 3 heteroatoms. The van der Waals surface area contributed by atoms with Gasteiger partial charge in [-0.15, -0.1) is 0 Å². The van der Waals surface area contributed by atoms with Gasteiger partial charge in [-0.3, -0.25) is 4.98 Å². The number of likely N-dealkylation sites (N-methyl/N-ethyl adjacent to an activating group) is 1. The van der Waals surface area contributed by atoms with E-state index in [2.05, 4.69) is 16.8 Å². The van der Waals surface area contributed by atoms with Crippen molar-refractivity contribution in [2.24, 2.45) is 0 Å². The highest BCUT2D eigenvalue weighted by Crippen LogP contribution is 2.34. The molecule has 0 fully saturated rings. The van der Waals surface area contributed by atoms with Crippen molar-refractivity contribution in [2.45, 2.75) is 25.8 Å². The van der Waals surface area contributed by atoms with Crippen LogP contribution in [0.25, 0.3) is 6.08 Å². The average molecular weight is 216 g/mol. The molecule has 2 heterocycles. The van der Waals surface area contributed by atoms with Crippen molar-refractivity contribution in [3.63, 3.8) is 0 Å². The molecule has 0 aromatic carbocycles. The van der Waals surface area contributed by atoms with Gasteiger partial charge in [0.15, 0.2) is 0 Å².